The van der Waals surface area contributed by atoms with Crippen molar-refractivity contribution in [1.82, 2.24) is 20.9 Å². The van der Waals surface area contributed by atoms with Crippen LogP contribution >= 0.6 is 0 Å². The van der Waals surface area contributed by atoms with Crippen molar-refractivity contribution in [3.8, 4) is 5.75 Å². The zero-order valence-corrected chi connectivity index (χ0v) is 16.4. The van der Waals surface area contributed by atoms with Crippen molar-refractivity contribution in [2.24, 2.45) is 5.92 Å². The number of amides is 1. The number of hydrogen-bond acceptors (Lipinski definition) is 5. The van der Waals surface area contributed by atoms with Crippen molar-refractivity contribution >= 4 is 5.91 Å². The summed E-state index contributed by atoms with van der Waals surface area (Å²) in [5, 5.41) is 20.7. The zero-order valence-electron chi connectivity index (χ0n) is 16.4. The number of phenols is 1. The van der Waals surface area contributed by atoms with E-state index in [4.69, 9.17) is 0 Å². The average Bonchev–Trinajstić information content (AvgIpc) is 2.72. The normalized spacial score (nSPS) is 17.0. The van der Waals surface area contributed by atoms with Gasteiger partial charge in [-0.1, -0.05) is 18.2 Å². The lowest BCUT2D eigenvalue weighted by Gasteiger charge is -2.37. The maximum Gasteiger partial charge on any atom is 0.216 e. The molecule has 1 aromatic heterocycles. The smallest absolute Gasteiger partial charge is 0.216 e. The fourth-order valence-corrected chi connectivity index (χ4v) is 4.00. The summed E-state index contributed by atoms with van der Waals surface area (Å²) in [6.45, 7) is 4.80. The molecule has 1 aliphatic heterocycles. The summed E-state index contributed by atoms with van der Waals surface area (Å²) in [5.41, 5.74) is 0.982. The standard InChI is InChI=1S/C22H30N4O2/c1-17(27)25-16-22(19-9-13-24-14-10-19,20-4-2-3-5-21(20)28)26-15-8-18-6-11-23-12-7-18/h2-5,9-10,13-14,18,23,26,28H,6-8,11-12,15-16H2,1H3,(H,25,27). The number of nitrogens with one attached hydrogen (secondary N) is 3. The molecule has 28 heavy (non-hydrogen) atoms. The summed E-state index contributed by atoms with van der Waals surface area (Å²) in [5.74, 6) is 0.794. The molecule has 3 rings (SSSR count). The monoisotopic (exact) mass is 382 g/mol. The van der Waals surface area contributed by atoms with Gasteiger partial charge < -0.3 is 21.1 Å². The Morgan fingerprint density at radius 1 is 1.21 bits per heavy atom. The first kappa shape index (κ1) is 20.3. The van der Waals surface area contributed by atoms with E-state index in [-0.39, 0.29) is 11.7 Å². The van der Waals surface area contributed by atoms with Crippen LogP contribution in [0.3, 0.4) is 0 Å². The van der Waals surface area contributed by atoms with Gasteiger partial charge in [-0.3, -0.25) is 9.78 Å². The first-order valence-corrected chi connectivity index (χ1v) is 10.0. The van der Waals surface area contributed by atoms with Gasteiger partial charge >= 0.3 is 0 Å². The summed E-state index contributed by atoms with van der Waals surface area (Å²) >= 11 is 0. The third kappa shape index (κ3) is 4.88. The predicted octanol–water partition coefficient (Wildman–Crippen LogP) is 2.15. The Hall–Kier alpha value is -2.44. The number of rotatable bonds is 8. The first-order chi connectivity index (χ1) is 13.6. The second-order valence-corrected chi connectivity index (χ2v) is 7.48. The minimum atomic E-state index is -0.729. The molecule has 2 heterocycles. The molecule has 2 aromatic rings. The Morgan fingerprint density at radius 2 is 1.93 bits per heavy atom. The van der Waals surface area contributed by atoms with Gasteiger partial charge in [-0.2, -0.15) is 0 Å². The highest BCUT2D eigenvalue weighted by Gasteiger charge is 2.36. The second-order valence-electron chi connectivity index (χ2n) is 7.48. The Bertz CT molecular complexity index is 762. The second kappa shape index (κ2) is 9.66. The van der Waals surface area contributed by atoms with E-state index in [0.29, 0.717) is 12.5 Å². The van der Waals surface area contributed by atoms with Crippen LogP contribution in [0.5, 0.6) is 5.75 Å². The topological polar surface area (TPSA) is 86.3 Å². The summed E-state index contributed by atoms with van der Waals surface area (Å²) in [6.07, 6.45) is 6.92. The molecule has 1 saturated heterocycles. The third-order valence-electron chi connectivity index (χ3n) is 5.58. The quantitative estimate of drug-likeness (QED) is 0.562. The third-order valence-corrected chi connectivity index (χ3v) is 5.58. The molecule has 0 bridgehead atoms. The molecule has 1 aliphatic rings. The van der Waals surface area contributed by atoms with Gasteiger partial charge in [-0.05, 0) is 68.6 Å². The molecule has 6 nitrogen and oxygen atoms in total. The van der Waals surface area contributed by atoms with Gasteiger partial charge in [0.05, 0.1) is 5.54 Å². The van der Waals surface area contributed by atoms with Crippen molar-refractivity contribution in [2.45, 2.75) is 31.7 Å². The number of aromatic hydroxyl groups is 1. The van der Waals surface area contributed by atoms with Crippen molar-refractivity contribution in [3.63, 3.8) is 0 Å². The molecule has 1 unspecified atom stereocenters. The number of nitrogens with zero attached hydrogens (tertiary/aromatic N) is 1. The zero-order chi connectivity index (χ0) is 19.8. The summed E-state index contributed by atoms with van der Waals surface area (Å²) in [6, 6.07) is 11.2. The van der Waals surface area contributed by atoms with E-state index in [1.165, 1.54) is 19.8 Å². The summed E-state index contributed by atoms with van der Waals surface area (Å²) in [7, 11) is 0. The molecule has 6 heteroatoms. The molecular formula is C22H30N4O2. The van der Waals surface area contributed by atoms with Crippen molar-refractivity contribution in [3.05, 3.63) is 59.9 Å². The number of carbonyl (C=O) groups excluding carboxylic acids is 1. The number of pyridine rings is 1. The van der Waals surface area contributed by atoms with Gasteiger partial charge in [0.2, 0.25) is 5.91 Å². The first-order valence-electron chi connectivity index (χ1n) is 10.0. The van der Waals surface area contributed by atoms with Crippen molar-refractivity contribution < 1.29 is 9.90 Å². The molecule has 0 aliphatic carbocycles. The van der Waals surface area contributed by atoms with Crippen LogP contribution in [0.25, 0.3) is 0 Å². The molecule has 4 N–H and O–H groups in total. The van der Waals surface area contributed by atoms with Crippen molar-refractivity contribution in [2.75, 3.05) is 26.2 Å². The lowest BCUT2D eigenvalue weighted by molar-refractivity contribution is -0.119. The highest BCUT2D eigenvalue weighted by atomic mass is 16.3. The summed E-state index contributed by atoms with van der Waals surface area (Å²) < 4.78 is 0. The Balaban J connectivity index is 1.92. The van der Waals surface area contributed by atoms with Crippen LogP contribution in [0.2, 0.25) is 0 Å². The van der Waals surface area contributed by atoms with Crippen LogP contribution < -0.4 is 16.0 Å². The number of piperidine rings is 1. The highest BCUT2D eigenvalue weighted by molar-refractivity contribution is 5.73. The highest BCUT2D eigenvalue weighted by Crippen LogP contribution is 2.35. The van der Waals surface area contributed by atoms with Crippen molar-refractivity contribution in [1.29, 1.82) is 0 Å². The molecule has 150 valence electrons. The number of para-hydroxylation sites is 1. The molecule has 1 aromatic carbocycles. The Morgan fingerprint density at radius 3 is 2.61 bits per heavy atom. The van der Waals surface area contributed by atoms with E-state index in [1.807, 2.05) is 30.3 Å². The van der Waals surface area contributed by atoms with E-state index >= 15 is 0 Å². The maximum atomic E-state index is 11.7. The molecule has 0 radical (unpaired) electrons. The van der Waals surface area contributed by atoms with Gasteiger partial charge in [-0.25, -0.2) is 0 Å². The average molecular weight is 383 g/mol. The van der Waals surface area contributed by atoms with E-state index < -0.39 is 5.54 Å². The van der Waals surface area contributed by atoms with Crippen LogP contribution in [0, 0.1) is 5.92 Å². The fourth-order valence-electron chi connectivity index (χ4n) is 4.00. The van der Waals surface area contributed by atoms with Gasteiger partial charge in [-0.15, -0.1) is 0 Å². The van der Waals surface area contributed by atoms with E-state index in [1.54, 1.807) is 18.5 Å². The van der Waals surface area contributed by atoms with Gasteiger partial charge in [0.1, 0.15) is 5.75 Å². The lowest BCUT2D eigenvalue weighted by atomic mass is 9.81. The molecule has 0 spiro atoms. The van der Waals surface area contributed by atoms with E-state index in [9.17, 15) is 9.90 Å². The molecule has 1 amide bonds. The van der Waals surface area contributed by atoms with Crippen LogP contribution in [-0.4, -0.2) is 42.2 Å². The Labute approximate surface area is 166 Å². The number of benzene rings is 1. The van der Waals surface area contributed by atoms with Gasteiger partial charge in [0.15, 0.2) is 0 Å². The SMILES string of the molecule is CC(=O)NCC(NCCC1CCNCC1)(c1ccncc1)c1ccccc1O. The van der Waals surface area contributed by atoms with Crippen LogP contribution in [0.4, 0.5) is 0 Å². The molecular weight excluding hydrogens is 352 g/mol. The molecule has 0 saturated carbocycles. The fraction of sp³-hybridized carbons (Fsp3) is 0.455. The van der Waals surface area contributed by atoms with Crippen LogP contribution in [0.1, 0.15) is 37.3 Å². The van der Waals surface area contributed by atoms with Crippen LogP contribution in [-0.2, 0) is 10.3 Å². The minimum absolute atomic E-state index is 0.103. The predicted molar refractivity (Wildman–Crippen MR) is 110 cm³/mol. The number of hydrogen-bond donors (Lipinski definition) is 4. The molecule has 1 atom stereocenters. The maximum absolute atomic E-state index is 11.7. The van der Waals surface area contributed by atoms with Gasteiger partial charge in [0.25, 0.3) is 0 Å². The summed E-state index contributed by atoms with van der Waals surface area (Å²) in [4.78, 5) is 15.9. The largest absolute Gasteiger partial charge is 0.508 e. The van der Waals surface area contributed by atoms with E-state index in [0.717, 1.165) is 37.2 Å². The lowest BCUT2D eigenvalue weighted by Crippen LogP contribution is -2.52. The minimum Gasteiger partial charge on any atom is -0.508 e. The molecule has 1 fully saturated rings. The number of aromatic nitrogens is 1. The van der Waals surface area contributed by atoms with Gasteiger partial charge in [0, 0.05) is 31.4 Å². The number of carbonyl (C=O) groups is 1. The number of phenolic OH excluding ortho intramolecular Hbond substituents is 1. The Kier molecular flexibility index (Phi) is 7.01. The van der Waals surface area contributed by atoms with Crippen LogP contribution in [0.15, 0.2) is 48.8 Å². The van der Waals surface area contributed by atoms with E-state index in [2.05, 4.69) is 20.9 Å².